The van der Waals surface area contributed by atoms with Crippen LogP contribution in [0.1, 0.15) is 41.0 Å². The molecule has 2 aliphatic rings. The minimum atomic E-state index is -0.357. The molecule has 2 aliphatic carbocycles. The second-order valence-corrected chi connectivity index (χ2v) is 8.21. The monoisotopic (exact) mass is 367 g/mol. The van der Waals surface area contributed by atoms with Gasteiger partial charge in [-0.25, -0.2) is 4.98 Å². The first-order chi connectivity index (χ1) is 11.6. The van der Waals surface area contributed by atoms with E-state index in [0.29, 0.717) is 28.7 Å². The molecule has 1 atom stereocenters. The van der Waals surface area contributed by atoms with Crippen molar-refractivity contribution in [1.29, 1.82) is 0 Å². The lowest BCUT2D eigenvalue weighted by Gasteiger charge is -2.23. The zero-order valence-corrected chi connectivity index (χ0v) is 15.2. The highest BCUT2D eigenvalue weighted by Crippen LogP contribution is 2.34. The summed E-state index contributed by atoms with van der Waals surface area (Å²) in [5.74, 6) is 0.428. The van der Waals surface area contributed by atoms with E-state index in [1.54, 1.807) is 11.8 Å². The van der Waals surface area contributed by atoms with Crippen molar-refractivity contribution in [3.05, 3.63) is 10.6 Å². The molecule has 0 aliphatic heterocycles. The largest absolute Gasteiger partial charge is 0.355 e. The molecule has 130 valence electrons. The van der Waals surface area contributed by atoms with E-state index in [0.717, 1.165) is 25.0 Å². The van der Waals surface area contributed by atoms with Crippen molar-refractivity contribution in [1.82, 2.24) is 10.3 Å². The summed E-state index contributed by atoms with van der Waals surface area (Å²) in [5, 5.41) is 6.17. The summed E-state index contributed by atoms with van der Waals surface area (Å²) in [6, 6.07) is 0. The number of thiazole rings is 1. The molecule has 1 fully saturated rings. The molecule has 0 saturated heterocycles. The third-order valence-electron chi connectivity index (χ3n) is 4.50. The quantitative estimate of drug-likeness (QED) is 0.752. The molecule has 0 aromatic carbocycles. The molecule has 1 aromatic heterocycles. The molecule has 2 N–H and O–H groups in total. The molecule has 1 saturated carbocycles. The Morgan fingerprint density at radius 2 is 2.04 bits per heavy atom. The number of nitrogens with zero attached hydrogens (tertiary/aromatic N) is 1. The molecular weight excluding hydrogens is 346 g/mol. The van der Waals surface area contributed by atoms with Gasteiger partial charge in [0.25, 0.3) is 0 Å². The maximum atomic E-state index is 12.3. The normalized spacial score (nSPS) is 20.2. The predicted molar refractivity (Wildman–Crippen MR) is 95.6 cm³/mol. The van der Waals surface area contributed by atoms with Crippen molar-refractivity contribution < 1.29 is 14.4 Å². The number of aromatic nitrogens is 1. The zero-order valence-electron chi connectivity index (χ0n) is 13.6. The highest BCUT2D eigenvalue weighted by Gasteiger charge is 2.33. The van der Waals surface area contributed by atoms with Gasteiger partial charge in [-0.05, 0) is 19.1 Å². The van der Waals surface area contributed by atoms with E-state index in [1.165, 1.54) is 11.3 Å². The Morgan fingerprint density at radius 1 is 1.25 bits per heavy atom. The molecule has 0 bridgehead atoms. The average molecular weight is 367 g/mol. The molecule has 2 amide bonds. The minimum Gasteiger partial charge on any atom is -0.355 e. The van der Waals surface area contributed by atoms with Gasteiger partial charge in [-0.2, -0.15) is 11.8 Å². The van der Waals surface area contributed by atoms with Crippen LogP contribution in [-0.2, 0) is 16.0 Å². The third-order valence-corrected chi connectivity index (χ3v) is 6.17. The van der Waals surface area contributed by atoms with Crippen LogP contribution < -0.4 is 10.6 Å². The highest BCUT2D eigenvalue weighted by molar-refractivity contribution is 7.98. The number of anilines is 1. The number of Topliss-reactive ketones (excluding diaryl/α,β-unsaturated/α-hetero) is 1. The van der Waals surface area contributed by atoms with Gasteiger partial charge in [-0.1, -0.05) is 17.8 Å². The lowest BCUT2D eigenvalue weighted by molar-refractivity contribution is -0.125. The summed E-state index contributed by atoms with van der Waals surface area (Å²) >= 11 is 2.90. The fraction of sp³-hybridized carbons (Fsp3) is 0.625. The van der Waals surface area contributed by atoms with E-state index in [-0.39, 0.29) is 35.9 Å². The number of carbonyl (C=O) groups is 3. The Balaban J connectivity index is 1.63. The first-order valence-electron chi connectivity index (χ1n) is 8.19. The molecule has 1 aromatic rings. The number of fused-ring (bicyclic) bond motifs is 1. The summed E-state index contributed by atoms with van der Waals surface area (Å²) in [7, 11) is 0. The van der Waals surface area contributed by atoms with Crippen LogP contribution in [0.4, 0.5) is 5.13 Å². The SMILES string of the molecule is CSCCNC(=O)C1CC(=O)c2sc(NC(=O)C3CCC3)nc2C1. The van der Waals surface area contributed by atoms with Crippen LogP contribution in [0.15, 0.2) is 0 Å². The Bertz CT molecular complexity index is 655. The molecule has 3 rings (SSSR count). The lowest BCUT2D eigenvalue weighted by Crippen LogP contribution is -2.36. The van der Waals surface area contributed by atoms with Crippen molar-refractivity contribution >= 4 is 45.8 Å². The number of amides is 2. The molecule has 8 heteroatoms. The summed E-state index contributed by atoms with van der Waals surface area (Å²) in [5.41, 5.74) is 0.644. The Kier molecular flexibility index (Phi) is 5.55. The van der Waals surface area contributed by atoms with E-state index >= 15 is 0 Å². The number of ketones is 1. The van der Waals surface area contributed by atoms with E-state index in [1.807, 2.05) is 6.26 Å². The maximum absolute atomic E-state index is 12.3. The fourth-order valence-corrected chi connectivity index (χ4v) is 4.12. The Labute approximate surface area is 149 Å². The third kappa shape index (κ3) is 3.80. The maximum Gasteiger partial charge on any atom is 0.229 e. The average Bonchev–Trinajstić information content (AvgIpc) is 2.88. The van der Waals surface area contributed by atoms with Crippen LogP contribution in [0.25, 0.3) is 0 Å². The van der Waals surface area contributed by atoms with Gasteiger partial charge in [-0.15, -0.1) is 0 Å². The Morgan fingerprint density at radius 3 is 2.71 bits per heavy atom. The molecule has 0 radical (unpaired) electrons. The van der Waals surface area contributed by atoms with Crippen LogP contribution in [-0.4, -0.2) is 41.1 Å². The zero-order chi connectivity index (χ0) is 17.1. The van der Waals surface area contributed by atoms with Crippen LogP contribution in [0.2, 0.25) is 0 Å². The van der Waals surface area contributed by atoms with Crippen LogP contribution in [0.3, 0.4) is 0 Å². The summed E-state index contributed by atoms with van der Waals surface area (Å²) < 4.78 is 0. The number of nitrogens with one attached hydrogen (secondary N) is 2. The van der Waals surface area contributed by atoms with Gasteiger partial charge in [0.15, 0.2) is 10.9 Å². The van der Waals surface area contributed by atoms with Crippen molar-refractivity contribution in [3.8, 4) is 0 Å². The van der Waals surface area contributed by atoms with Gasteiger partial charge < -0.3 is 10.6 Å². The smallest absolute Gasteiger partial charge is 0.229 e. The van der Waals surface area contributed by atoms with Crippen LogP contribution in [0.5, 0.6) is 0 Å². The second-order valence-electron chi connectivity index (χ2n) is 6.22. The first kappa shape index (κ1) is 17.4. The van der Waals surface area contributed by atoms with Gasteiger partial charge in [0.05, 0.1) is 16.5 Å². The topological polar surface area (TPSA) is 88.2 Å². The highest BCUT2D eigenvalue weighted by atomic mass is 32.2. The van der Waals surface area contributed by atoms with E-state index in [4.69, 9.17) is 0 Å². The minimum absolute atomic E-state index is 0.00819. The van der Waals surface area contributed by atoms with Crippen LogP contribution in [0, 0.1) is 11.8 Å². The van der Waals surface area contributed by atoms with Gasteiger partial charge in [0.2, 0.25) is 11.8 Å². The van der Waals surface area contributed by atoms with Crippen molar-refractivity contribution in [2.45, 2.75) is 32.1 Å². The standard InChI is InChI=1S/C16H21N3O3S2/c1-23-6-5-17-14(21)10-7-11-13(12(20)8-10)24-16(18-11)19-15(22)9-3-2-4-9/h9-10H,2-8H2,1H3,(H,17,21)(H,18,19,22). The van der Waals surface area contributed by atoms with Crippen molar-refractivity contribution in [3.63, 3.8) is 0 Å². The molecule has 0 spiro atoms. The second kappa shape index (κ2) is 7.65. The van der Waals surface area contributed by atoms with Gasteiger partial charge in [-0.3, -0.25) is 14.4 Å². The summed E-state index contributed by atoms with van der Waals surface area (Å²) in [4.78, 5) is 41.5. The predicted octanol–water partition coefficient (Wildman–Crippen LogP) is 2.11. The number of hydrogen-bond acceptors (Lipinski definition) is 6. The number of rotatable bonds is 6. The van der Waals surface area contributed by atoms with Crippen molar-refractivity contribution in [2.24, 2.45) is 11.8 Å². The lowest BCUT2D eigenvalue weighted by atomic mass is 9.85. The van der Waals surface area contributed by atoms with Crippen LogP contribution >= 0.6 is 23.1 Å². The molecule has 24 heavy (non-hydrogen) atoms. The van der Waals surface area contributed by atoms with Crippen molar-refractivity contribution in [2.75, 3.05) is 23.9 Å². The summed E-state index contributed by atoms with van der Waals surface area (Å²) in [6.45, 7) is 0.608. The number of hydrogen-bond donors (Lipinski definition) is 2. The van der Waals surface area contributed by atoms with E-state index in [2.05, 4.69) is 15.6 Å². The van der Waals surface area contributed by atoms with Gasteiger partial charge in [0.1, 0.15) is 0 Å². The number of carbonyl (C=O) groups excluding carboxylic acids is 3. The number of thioether (sulfide) groups is 1. The molecule has 1 heterocycles. The first-order valence-corrected chi connectivity index (χ1v) is 10.4. The fourth-order valence-electron chi connectivity index (χ4n) is 2.87. The molecule has 6 nitrogen and oxygen atoms in total. The van der Waals surface area contributed by atoms with Gasteiger partial charge >= 0.3 is 0 Å². The molecule has 1 unspecified atom stereocenters. The Hall–Kier alpha value is -1.41. The summed E-state index contributed by atoms with van der Waals surface area (Å²) in [6.07, 6.45) is 5.61. The molecular formula is C16H21N3O3S2. The van der Waals surface area contributed by atoms with E-state index in [9.17, 15) is 14.4 Å². The van der Waals surface area contributed by atoms with E-state index < -0.39 is 0 Å². The van der Waals surface area contributed by atoms with Gasteiger partial charge in [0, 0.05) is 31.1 Å².